The Balaban J connectivity index is 2.21. The zero-order chi connectivity index (χ0) is 10.2. The molecule has 0 heterocycles. The predicted octanol–water partition coefficient (Wildman–Crippen LogP) is 2.75. The predicted molar refractivity (Wildman–Crippen MR) is 63.1 cm³/mol. The molecule has 0 unspecified atom stereocenters. The molecule has 0 radical (unpaired) electrons. The minimum atomic E-state index is 0.781. The molecule has 3 heteroatoms. The number of rotatable bonds is 6. The lowest BCUT2D eigenvalue weighted by molar-refractivity contribution is 0.688. The molecular formula is C11H17ClN2. The molecule has 78 valence electrons. The zero-order valence-electron chi connectivity index (χ0n) is 8.52. The van der Waals surface area contributed by atoms with E-state index in [0.29, 0.717) is 0 Å². The van der Waals surface area contributed by atoms with Crippen molar-refractivity contribution >= 4 is 17.3 Å². The van der Waals surface area contributed by atoms with Gasteiger partial charge in [0.1, 0.15) is 0 Å². The molecule has 0 spiro atoms. The molecule has 2 N–H and O–H groups in total. The van der Waals surface area contributed by atoms with Crippen molar-refractivity contribution in [2.75, 3.05) is 25.0 Å². The van der Waals surface area contributed by atoms with Crippen molar-refractivity contribution in [3.63, 3.8) is 0 Å². The fourth-order valence-electron chi connectivity index (χ4n) is 1.19. The Kier molecular flexibility index (Phi) is 5.42. The van der Waals surface area contributed by atoms with E-state index >= 15 is 0 Å². The molecule has 2 nitrogen and oxygen atoms in total. The molecule has 0 aliphatic carbocycles. The van der Waals surface area contributed by atoms with Gasteiger partial charge in [-0.15, -0.1) is 0 Å². The van der Waals surface area contributed by atoms with Gasteiger partial charge in [0.15, 0.2) is 0 Å². The van der Waals surface area contributed by atoms with Crippen LogP contribution in [0.5, 0.6) is 0 Å². The molecule has 0 aliphatic rings. The summed E-state index contributed by atoms with van der Waals surface area (Å²) in [6.07, 6.45) is 1.17. The average molecular weight is 213 g/mol. The minimum absolute atomic E-state index is 0.781. The maximum absolute atomic E-state index is 5.98. The molecular weight excluding hydrogens is 196 g/mol. The summed E-state index contributed by atoms with van der Waals surface area (Å²) in [4.78, 5) is 0. The van der Waals surface area contributed by atoms with Crippen molar-refractivity contribution < 1.29 is 0 Å². The van der Waals surface area contributed by atoms with Crippen molar-refractivity contribution in [3.8, 4) is 0 Å². The summed E-state index contributed by atoms with van der Waals surface area (Å²) < 4.78 is 0. The van der Waals surface area contributed by atoms with Crippen LogP contribution in [0.2, 0.25) is 5.02 Å². The van der Waals surface area contributed by atoms with Gasteiger partial charge in [-0.1, -0.05) is 30.7 Å². The molecule has 0 atom stereocenters. The molecule has 1 rings (SSSR count). The Morgan fingerprint density at radius 2 is 1.93 bits per heavy atom. The second-order valence-corrected chi connectivity index (χ2v) is 3.56. The van der Waals surface area contributed by atoms with Gasteiger partial charge in [-0.3, -0.25) is 0 Å². The van der Waals surface area contributed by atoms with E-state index in [9.17, 15) is 0 Å². The SMILES string of the molecule is CCCNCCNc1ccccc1Cl. The molecule has 1 aromatic rings. The van der Waals surface area contributed by atoms with Gasteiger partial charge in [0.2, 0.25) is 0 Å². The first-order chi connectivity index (χ1) is 6.84. The smallest absolute Gasteiger partial charge is 0.0637 e. The number of halogens is 1. The molecule has 0 saturated heterocycles. The van der Waals surface area contributed by atoms with E-state index in [-0.39, 0.29) is 0 Å². The summed E-state index contributed by atoms with van der Waals surface area (Å²) in [6, 6.07) is 7.79. The van der Waals surface area contributed by atoms with Gasteiger partial charge in [0, 0.05) is 13.1 Å². The quantitative estimate of drug-likeness (QED) is 0.709. The Labute approximate surface area is 90.7 Å². The Hall–Kier alpha value is -0.730. The van der Waals surface area contributed by atoms with Crippen molar-refractivity contribution in [1.82, 2.24) is 5.32 Å². The van der Waals surface area contributed by atoms with Gasteiger partial charge in [0.25, 0.3) is 0 Å². The van der Waals surface area contributed by atoms with Gasteiger partial charge in [-0.25, -0.2) is 0 Å². The van der Waals surface area contributed by atoms with Gasteiger partial charge < -0.3 is 10.6 Å². The number of hydrogen-bond donors (Lipinski definition) is 2. The molecule has 1 aromatic carbocycles. The third-order valence-corrected chi connectivity index (χ3v) is 2.25. The van der Waals surface area contributed by atoms with E-state index < -0.39 is 0 Å². The van der Waals surface area contributed by atoms with Crippen LogP contribution in [0.1, 0.15) is 13.3 Å². The number of anilines is 1. The van der Waals surface area contributed by atoms with E-state index in [1.54, 1.807) is 0 Å². The highest BCUT2D eigenvalue weighted by atomic mass is 35.5. The number of benzene rings is 1. The maximum Gasteiger partial charge on any atom is 0.0637 e. The van der Waals surface area contributed by atoms with E-state index in [2.05, 4.69) is 17.6 Å². The minimum Gasteiger partial charge on any atom is -0.383 e. The highest BCUT2D eigenvalue weighted by Gasteiger charge is 1.95. The van der Waals surface area contributed by atoms with Gasteiger partial charge in [-0.05, 0) is 25.1 Å². The van der Waals surface area contributed by atoms with Gasteiger partial charge >= 0.3 is 0 Å². The average Bonchev–Trinajstić information content (AvgIpc) is 2.20. The Morgan fingerprint density at radius 3 is 2.64 bits per heavy atom. The van der Waals surface area contributed by atoms with Crippen molar-refractivity contribution in [2.24, 2.45) is 0 Å². The second kappa shape index (κ2) is 6.68. The first-order valence-electron chi connectivity index (χ1n) is 5.03. The summed E-state index contributed by atoms with van der Waals surface area (Å²) in [5.74, 6) is 0. The van der Waals surface area contributed by atoms with Crippen LogP contribution in [0.4, 0.5) is 5.69 Å². The lowest BCUT2D eigenvalue weighted by atomic mass is 10.3. The fraction of sp³-hybridized carbons (Fsp3) is 0.455. The largest absolute Gasteiger partial charge is 0.383 e. The highest BCUT2D eigenvalue weighted by Crippen LogP contribution is 2.19. The van der Waals surface area contributed by atoms with Crippen LogP contribution in [0, 0.1) is 0 Å². The molecule has 14 heavy (non-hydrogen) atoms. The summed E-state index contributed by atoms with van der Waals surface area (Å²) in [6.45, 7) is 5.11. The zero-order valence-corrected chi connectivity index (χ0v) is 9.27. The molecule has 0 aliphatic heterocycles. The van der Waals surface area contributed by atoms with Crippen LogP contribution in [0.15, 0.2) is 24.3 Å². The van der Waals surface area contributed by atoms with Crippen molar-refractivity contribution in [2.45, 2.75) is 13.3 Å². The monoisotopic (exact) mass is 212 g/mol. The lowest BCUT2D eigenvalue weighted by Crippen LogP contribution is -2.22. The molecule has 0 saturated carbocycles. The summed E-state index contributed by atoms with van der Waals surface area (Å²) in [7, 11) is 0. The Morgan fingerprint density at radius 1 is 1.14 bits per heavy atom. The van der Waals surface area contributed by atoms with E-state index in [0.717, 1.165) is 30.3 Å². The van der Waals surface area contributed by atoms with Crippen LogP contribution >= 0.6 is 11.6 Å². The topological polar surface area (TPSA) is 24.1 Å². The van der Waals surface area contributed by atoms with Crippen LogP contribution < -0.4 is 10.6 Å². The van der Waals surface area contributed by atoms with Crippen molar-refractivity contribution in [1.29, 1.82) is 0 Å². The van der Waals surface area contributed by atoms with Crippen molar-refractivity contribution in [3.05, 3.63) is 29.3 Å². The normalized spacial score (nSPS) is 10.1. The lowest BCUT2D eigenvalue weighted by Gasteiger charge is -2.08. The first kappa shape index (κ1) is 11.3. The third-order valence-electron chi connectivity index (χ3n) is 1.92. The summed E-state index contributed by atoms with van der Waals surface area (Å²) in [5, 5.41) is 7.38. The summed E-state index contributed by atoms with van der Waals surface area (Å²) >= 11 is 5.98. The number of hydrogen-bond acceptors (Lipinski definition) is 2. The Bertz CT molecular complexity index is 263. The van der Waals surface area contributed by atoms with E-state index in [4.69, 9.17) is 11.6 Å². The third kappa shape index (κ3) is 3.99. The van der Waals surface area contributed by atoms with Crippen LogP contribution in [-0.4, -0.2) is 19.6 Å². The molecule has 0 bridgehead atoms. The second-order valence-electron chi connectivity index (χ2n) is 3.16. The first-order valence-corrected chi connectivity index (χ1v) is 5.41. The van der Waals surface area contributed by atoms with Crippen LogP contribution in [0.25, 0.3) is 0 Å². The molecule has 0 amide bonds. The van der Waals surface area contributed by atoms with Gasteiger partial charge in [-0.2, -0.15) is 0 Å². The fourth-order valence-corrected chi connectivity index (χ4v) is 1.39. The van der Waals surface area contributed by atoms with Gasteiger partial charge in [0.05, 0.1) is 10.7 Å². The maximum atomic E-state index is 5.98. The van der Waals surface area contributed by atoms with Crippen LogP contribution in [0.3, 0.4) is 0 Å². The number of para-hydroxylation sites is 1. The summed E-state index contributed by atoms with van der Waals surface area (Å²) in [5.41, 5.74) is 1.01. The highest BCUT2D eigenvalue weighted by molar-refractivity contribution is 6.33. The molecule has 0 fully saturated rings. The van der Waals surface area contributed by atoms with E-state index in [1.807, 2.05) is 24.3 Å². The standard InChI is InChI=1S/C11H17ClN2/c1-2-7-13-8-9-14-11-6-4-3-5-10(11)12/h3-6,13-14H,2,7-9H2,1H3. The van der Waals surface area contributed by atoms with Crippen LogP contribution in [-0.2, 0) is 0 Å². The number of nitrogens with one attached hydrogen (secondary N) is 2. The van der Waals surface area contributed by atoms with E-state index in [1.165, 1.54) is 6.42 Å². The molecule has 0 aromatic heterocycles.